The van der Waals surface area contributed by atoms with Gasteiger partial charge in [0.25, 0.3) is 0 Å². The third kappa shape index (κ3) is 1.70. The predicted octanol–water partition coefficient (Wildman–Crippen LogP) is 2.05. The molecular formula is C10H14BrN3S. The van der Waals surface area contributed by atoms with Crippen LogP contribution in [0.3, 0.4) is 0 Å². The lowest BCUT2D eigenvalue weighted by molar-refractivity contribution is 0.0424. The molecule has 0 N–H and O–H groups in total. The van der Waals surface area contributed by atoms with Crippen molar-refractivity contribution in [1.29, 1.82) is 0 Å². The largest absolute Gasteiger partial charge is 0.347 e. The number of nitrogens with zero attached hydrogens (tertiary/aromatic N) is 3. The van der Waals surface area contributed by atoms with Crippen molar-refractivity contribution in [2.45, 2.75) is 6.42 Å². The van der Waals surface area contributed by atoms with Crippen LogP contribution < -0.4 is 4.90 Å². The lowest BCUT2D eigenvalue weighted by Gasteiger charge is -2.46. The van der Waals surface area contributed by atoms with Crippen LogP contribution in [0, 0.1) is 5.41 Å². The number of likely N-dealkylation sites (tertiary alicyclic amines) is 1. The fraction of sp³-hybridized carbons (Fsp3) is 0.700. The maximum atomic E-state index is 4.48. The zero-order chi connectivity index (χ0) is 10.5. The van der Waals surface area contributed by atoms with Gasteiger partial charge in [0.15, 0.2) is 5.13 Å². The monoisotopic (exact) mass is 287 g/mol. The van der Waals surface area contributed by atoms with Gasteiger partial charge in [0.05, 0.1) is 0 Å². The number of hydrogen-bond donors (Lipinski definition) is 0. The maximum Gasteiger partial charge on any atom is 0.186 e. The molecule has 1 aromatic rings. The van der Waals surface area contributed by atoms with Gasteiger partial charge in [0, 0.05) is 37.0 Å². The van der Waals surface area contributed by atoms with Gasteiger partial charge in [-0.1, -0.05) is 0 Å². The van der Waals surface area contributed by atoms with E-state index >= 15 is 0 Å². The molecule has 3 nitrogen and oxygen atoms in total. The predicted molar refractivity (Wildman–Crippen MR) is 66.6 cm³/mol. The van der Waals surface area contributed by atoms with Crippen LogP contribution >= 0.6 is 27.3 Å². The molecule has 0 atom stereocenters. The highest BCUT2D eigenvalue weighted by molar-refractivity contribution is 9.10. The number of anilines is 1. The Morgan fingerprint density at radius 2 is 2.27 bits per heavy atom. The van der Waals surface area contributed by atoms with E-state index in [1.54, 1.807) is 11.3 Å². The van der Waals surface area contributed by atoms with Crippen molar-refractivity contribution >= 4 is 32.4 Å². The van der Waals surface area contributed by atoms with Crippen LogP contribution in [0.1, 0.15) is 6.42 Å². The molecule has 3 rings (SSSR count). The standard InChI is InChI=1S/C10H14BrN3S/c1-13-5-10(6-13)2-3-14(7-10)9-12-8(11)4-15-9/h4H,2-3,5-7H2,1H3. The van der Waals surface area contributed by atoms with E-state index in [9.17, 15) is 0 Å². The number of thiazole rings is 1. The molecule has 0 aliphatic carbocycles. The quantitative estimate of drug-likeness (QED) is 0.788. The van der Waals surface area contributed by atoms with Crippen LogP contribution in [0.5, 0.6) is 0 Å². The van der Waals surface area contributed by atoms with Crippen molar-refractivity contribution < 1.29 is 0 Å². The lowest BCUT2D eigenvalue weighted by Crippen LogP contribution is -2.55. The average Bonchev–Trinajstić information content (AvgIpc) is 2.71. The Morgan fingerprint density at radius 3 is 2.87 bits per heavy atom. The van der Waals surface area contributed by atoms with Gasteiger partial charge >= 0.3 is 0 Å². The Labute approximate surface area is 102 Å². The van der Waals surface area contributed by atoms with E-state index < -0.39 is 0 Å². The smallest absolute Gasteiger partial charge is 0.186 e. The first-order valence-electron chi connectivity index (χ1n) is 5.21. The van der Waals surface area contributed by atoms with Crippen molar-refractivity contribution in [3.63, 3.8) is 0 Å². The third-order valence-electron chi connectivity index (χ3n) is 3.38. The highest BCUT2D eigenvalue weighted by Crippen LogP contribution is 2.41. The van der Waals surface area contributed by atoms with Gasteiger partial charge < -0.3 is 9.80 Å². The molecule has 1 aromatic heterocycles. The van der Waals surface area contributed by atoms with E-state index in [1.165, 1.54) is 37.7 Å². The molecule has 0 amide bonds. The second-order valence-corrected chi connectivity index (χ2v) is 6.45. The molecule has 2 fully saturated rings. The summed E-state index contributed by atoms with van der Waals surface area (Å²) in [5.41, 5.74) is 0.576. The SMILES string of the molecule is CN1CC2(CCN(c3nc(Br)cs3)C2)C1. The van der Waals surface area contributed by atoms with Crippen molar-refractivity contribution in [2.75, 3.05) is 38.1 Å². The van der Waals surface area contributed by atoms with Gasteiger partial charge in [-0.2, -0.15) is 0 Å². The van der Waals surface area contributed by atoms with Crippen LogP contribution in [0.25, 0.3) is 0 Å². The molecule has 2 aliphatic heterocycles. The second-order valence-electron chi connectivity index (χ2n) is 4.80. The molecule has 0 radical (unpaired) electrons. The zero-order valence-corrected chi connectivity index (χ0v) is 11.1. The fourth-order valence-electron chi connectivity index (χ4n) is 2.85. The fourth-order valence-corrected chi connectivity index (χ4v) is 4.12. The summed E-state index contributed by atoms with van der Waals surface area (Å²) in [5.74, 6) is 0. The van der Waals surface area contributed by atoms with Crippen LogP contribution in [0.4, 0.5) is 5.13 Å². The van der Waals surface area contributed by atoms with Gasteiger partial charge in [-0.3, -0.25) is 0 Å². The summed E-state index contributed by atoms with van der Waals surface area (Å²) < 4.78 is 0.967. The van der Waals surface area contributed by atoms with Crippen molar-refractivity contribution in [3.8, 4) is 0 Å². The number of hydrogen-bond acceptors (Lipinski definition) is 4. The Bertz CT molecular complexity index is 372. The Morgan fingerprint density at radius 1 is 1.47 bits per heavy atom. The molecule has 3 heterocycles. The highest BCUT2D eigenvalue weighted by atomic mass is 79.9. The zero-order valence-electron chi connectivity index (χ0n) is 8.74. The third-order valence-corrected chi connectivity index (χ3v) is 4.99. The number of aromatic nitrogens is 1. The molecule has 0 aromatic carbocycles. The van der Waals surface area contributed by atoms with Crippen LogP contribution in [0.15, 0.2) is 9.98 Å². The summed E-state index contributed by atoms with van der Waals surface area (Å²) in [5, 5.41) is 3.24. The lowest BCUT2D eigenvalue weighted by atomic mass is 9.80. The van der Waals surface area contributed by atoms with Crippen LogP contribution in [-0.2, 0) is 0 Å². The molecule has 5 heteroatoms. The Hall–Kier alpha value is -0.130. The molecule has 0 unspecified atom stereocenters. The first-order valence-corrected chi connectivity index (χ1v) is 6.89. The topological polar surface area (TPSA) is 19.4 Å². The summed E-state index contributed by atoms with van der Waals surface area (Å²) in [6, 6.07) is 0. The van der Waals surface area contributed by atoms with E-state index in [-0.39, 0.29) is 0 Å². The van der Waals surface area contributed by atoms with Gasteiger partial charge in [-0.15, -0.1) is 11.3 Å². The summed E-state index contributed by atoms with van der Waals surface area (Å²) >= 11 is 5.15. The van der Waals surface area contributed by atoms with Crippen molar-refractivity contribution in [3.05, 3.63) is 9.98 Å². The first kappa shape index (κ1) is 10.1. The molecule has 1 spiro atoms. The number of halogens is 1. The maximum absolute atomic E-state index is 4.48. The summed E-state index contributed by atoms with van der Waals surface area (Å²) in [6.45, 7) is 4.89. The average molecular weight is 288 g/mol. The van der Waals surface area contributed by atoms with Crippen LogP contribution in [0.2, 0.25) is 0 Å². The molecule has 2 saturated heterocycles. The minimum atomic E-state index is 0.576. The summed E-state index contributed by atoms with van der Waals surface area (Å²) in [7, 11) is 2.20. The molecule has 2 aliphatic rings. The minimum absolute atomic E-state index is 0.576. The summed E-state index contributed by atoms with van der Waals surface area (Å²) in [6.07, 6.45) is 1.33. The summed E-state index contributed by atoms with van der Waals surface area (Å²) in [4.78, 5) is 9.32. The molecular weight excluding hydrogens is 274 g/mol. The van der Waals surface area contributed by atoms with Crippen molar-refractivity contribution in [1.82, 2.24) is 9.88 Å². The van der Waals surface area contributed by atoms with E-state index in [4.69, 9.17) is 0 Å². The van der Waals surface area contributed by atoms with E-state index in [1.807, 2.05) is 0 Å². The molecule has 0 saturated carbocycles. The van der Waals surface area contributed by atoms with Crippen molar-refractivity contribution in [2.24, 2.45) is 5.41 Å². The minimum Gasteiger partial charge on any atom is -0.347 e. The molecule has 0 bridgehead atoms. The van der Waals surface area contributed by atoms with Gasteiger partial charge in [0.1, 0.15) is 4.60 Å². The van der Waals surface area contributed by atoms with Crippen LogP contribution in [-0.4, -0.2) is 43.1 Å². The van der Waals surface area contributed by atoms with Gasteiger partial charge in [0.2, 0.25) is 0 Å². The second kappa shape index (κ2) is 3.43. The van der Waals surface area contributed by atoms with Gasteiger partial charge in [-0.05, 0) is 29.4 Å². The molecule has 82 valence electrons. The van der Waals surface area contributed by atoms with E-state index in [0.29, 0.717) is 5.41 Å². The number of rotatable bonds is 1. The molecule has 15 heavy (non-hydrogen) atoms. The Kier molecular flexibility index (Phi) is 2.30. The Balaban J connectivity index is 1.71. The first-order chi connectivity index (χ1) is 7.17. The van der Waals surface area contributed by atoms with E-state index in [2.05, 4.69) is 43.1 Å². The van der Waals surface area contributed by atoms with E-state index in [0.717, 1.165) is 4.60 Å². The van der Waals surface area contributed by atoms with Gasteiger partial charge in [-0.25, -0.2) is 4.98 Å². The highest BCUT2D eigenvalue weighted by Gasteiger charge is 2.46. The normalized spacial score (nSPS) is 24.8.